The first-order valence-corrected chi connectivity index (χ1v) is 8.41. The van der Waals surface area contributed by atoms with Crippen LogP contribution in [0.15, 0.2) is 42.5 Å². The summed E-state index contributed by atoms with van der Waals surface area (Å²) in [7, 11) is 0. The van der Waals surface area contributed by atoms with Gasteiger partial charge in [0.15, 0.2) is 0 Å². The summed E-state index contributed by atoms with van der Waals surface area (Å²) >= 11 is 6.01. The Kier molecular flexibility index (Phi) is 4.68. The van der Waals surface area contributed by atoms with E-state index in [1.807, 2.05) is 13.0 Å². The lowest BCUT2D eigenvalue weighted by atomic mass is 10.1. The molecule has 1 saturated heterocycles. The number of anilines is 1. The monoisotopic (exact) mass is 358 g/mol. The largest absolute Gasteiger partial charge is 0.508 e. The highest BCUT2D eigenvalue weighted by Crippen LogP contribution is 2.25. The summed E-state index contributed by atoms with van der Waals surface area (Å²) in [4.78, 5) is 28.5. The molecule has 3 rings (SSSR count). The Hall–Kier alpha value is -2.53. The molecule has 5 nitrogen and oxygen atoms in total. The van der Waals surface area contributed by atoms with Gasteiger partial charge >= 0.3 is 0 Å². The lowest BCUT2D eigenvalue weighted by Gasteiger charge is -2.39. The number of phenols is 1. The van der Waals surface area contributed by atoms with Crippen molar-refractivity contribution in [3.63, 3.8) is 0 Å². The van der Waals surface area contributed by atoms with Gasteiger partial charge in [0.25, 0.3) is 5.91 Å². The number of carbonyl (C=O) groups is 2. The fraction of sp³-hybridized carbons (Fsp3) is 0.263. The second-order valence-electron chi connectivity index (χ2n) is 6.27. The van der Waals surface area contributed by atoms with E-state index in [9.17, 15) is 14.7 Å². The van der Waals surface area contributed by atoms with Crippen molar-refractivity contribution in [2.75, 3.05) is 18.0 Å². The van der Waals surface area contributed by atoms with Gasteiger partial charge in [-0.1, -0.05) is 23.7 Å². The number of aromatic hydroxyl groups is 1. The van der Waals surface area contributed by atoms with Crippen LogP contribution in [0.4, 0.5) is 5.69 Å². The van der Waals surface area contributed by atoms with Crippen molar-refractivity contribution in [3.8, 4) is 5.75 Å². The highest BCUT2D eigenvalue weighted by Gasteiger charge is 2.33. The first kappa shape index (κ1) is 17.3. The SMILES string of the molecule is Cc1ccc(C(=O)N2CC(=O)N(c3cccc(Cl)c3)C[C@@H]2C)cc1O. The van der Waals surface area contributed by atoms with Gasteiger partial charge in [-0.15, -0.1) is 0 Å². The van der Waals surface area contributed by atoms with Crippen molar-refractivity contribution in [1.29, 1.82) is 0 Å². The van der Waals surface area contributed by atoms with Crippen LogP contribution in [0.5, 0.6) is 5.75 Å². The number of rotatable bonds is 2. The van der Waals surface area contributed by atoms with Crippen molar-refractivity contribution in [1.82, 2.24) is 4.90 Å². The van der Waals surface area contributed by atoms with E-state index >= 15 is 0 Å². The molecule has 0 saturated carbocycles. The predicted octanol–water partition coefficient (Wildman–Crippen LogP) is 3.23. The molecule has 6 heteroatoms. The number of phenolic OH excluding ortho intramolecular Hbond substituents is 1. The molecule has 2 aromatic carbocycles. The number of nitrogens with zero attached hydrogens (tertiary/aromatic N) is 2. The minimum Gasteiger partial charge on any atom is -0.508 e. The fourth-order valence-corrected chi connectivity index (χ4v) is 3.11. The molecular formula is C19H19ClN2O3. The number of hydrogen-bond donors (Lipinski definition) is 1. The molecule has 0 aliphatic carbocycles. The zero-order valence-electron chi connectivity index (χ0n) is 14.1. The van der Waals surface area contributed by atoms with Crippen LogP contribution in [-0.2, 0) is 4.79 Å². The molecule has 25 heavy (non-hydrogen) atoms. The van der Waals surface area contributed by atoms with E-state index in [0.29, 0.717) is 22.7 Å². The molecular weight excluding hydrogens is 340 g/mol. The minimum absolute atomic E-state index is 0.0127. The van der Waals surface area contributed by atoms with Crippen LogP contribution in [0.2, 0.25) is 5.02 Å². The Bertz CT molecular complexity index is 837. The van der Waals surface area contributed by atoms with Crippen molar-refractivity contribution >= 4 is 29.1 Å². The number of aryl methyl sites for hydroxylation is 1. The number of piperazine rings is 1. The molecule has 0 radical (unpaired) electrons. The van der Waals surface area contributed by atoms with Gasteiger partial charge in [0, 0.05) is 28.9 Å². The topological polar surface area (TPSA) is 60.9 Å². The van der Waals surface area contributed by atoms with Crippen LogP contribution >= 0.6 is 11.6 Å². The molecule has 1 aliphatic rings. The van der Waals surface area contributed by atoms with Gasteiger partial charge in [-0.3, -0.25) is 9.59 Å². The third-order valence-corrected chi connectivity index (χ3v) is 4.66. The molecule has 130 valence electrons. The number of hydrogen-bond acceptors (Lipinski definition) is 3. The average molecular weight is 359 g/mol. The van der Waals surface area contributed by atoms with E-state index in [2.05, 4.69) is 0 Å². The number of amides is 2. The smallest absolute Gasteiger partial charge is 0.254 e. The normalized spacial score (nSPS) is 17.7. The Labute approximate surface area is 151 Å². The Morgan fingerprint density at radius 1 is 1.24 bits per heavy atom. The van der Waals surface area contributed by atoms with Crippen molar-refractivity contribution in [2.45, 2.75) is 19.9 Å². The van der Waals surface area contributed by atoms with Crippen molar-refractivity contribution < 1.29 is 14.7 Å². The molecule has 1 atom stereocenters. The maximum atomic E-state index is 12.7. The standard InChI is InChI=1S/C19H19ClN2O3/c1-12-6-7-14(8-17(12)23)19(25)21-11-18(24)22(10-13(21)2)16-5-3-4-15(20)9-16/h3-9,13,23H,10-11H2,1-2H3/t13-/m0/s1. The van der Waals surface area contributed by atoms with Crippen molar-refractivity contribution in [2.24, 2.45) is 0 Å². The van der Waals surface area contributed by atoms with Gasteiger partial charge in [-0.05, 0) is 49.7 Å². The maximum Gasteiger partial charge on any atom is 0.254 e. The van der Waals surface area contributed by atoms with Crippen LogP contribution in [-0.4, -0.2) is 41.0 Å². The second-order valence-corrected chi connectivity index (χ2v) is 6.70. The van der Waals surface area contributed by atoms with Gasteiger partial charge in [0.05, 0.1) is 0 Å². The molecule has 1 heterocycles. The summed E-state index contributed by atoms with van der Waals surface area (Å²) in [6.07, 6.45) is 0. The molecule has 0 spiro atoms. The van der Waals surface area contributed by atoms with E-state index in [0.717, 1.165) is 5.69 Å². The zero-order chi connectivity index (χ0) is 18.1. The number of carbonyl (C=O) groups excluding carboxylic acids is 2. The average Bonchev–Trinajstić information content (AvgIpc) is 2.58. The first-order chi connectivity index (χ1) is 11.9. The molecule has 1 fully saturated rings. The Morgan fingerprint density at radius 2 is 2.00 bits per heavy atom. The van der Waals surface area contributed by atoms with Gasteiger partial charge in [-0.25, -0.2) is 0 Å². The molecule has 0 unspecified atom stereocenters. The van der Waals surface area contributed by atoms with E-state index in [1.54, 1.807) is 42.2 Å². The number of benzene rings is 2. The lowest BCUT2D eigenvalue weighted by molar-refractivity contribution is -0.121. The maximum absolute atomic E-state index is 12.7. The lowest BCUT2D eigenvalue weighted by Crippen LogP contribution is -2.57. The summed E-state index contributed by atoms with van der Waals surface area (Å²) in [5.74, 6) is -0.352. The quantitative estimate of drug-likeness (QED) is 0.896. The van der Waals surface area contributed by atoms with Crippen LogP contribution in [0.25, 0.3) is 0 Å². The van der Waals surface area contributed by atoms with Crippen molar-refractivity contribution in [3.05, 3.63) is 58.6 Å². The van der Waals surface area contributed by atoms with Gasteiger partial charge in [-0.2, -0.15) is 0 Å². The molecule has 0 bridgehead atoms. The van der Waals surface area contributed by atoms with E-state index in [1.165, 1.54) is 11.0 Å². The summed E-state index contributed by atoms with van der Waals surface area (Å²) in [5.41, 5.74) is 1.80. The Morgan fingerprint density at radius 3 is 2.68 bits per heavy atom. The predicted molar refractivity (Wildman–Crippen MR) is 97.1 cm³/mol. The highest BCUT2D eigenvalue weighted by molar-refractivity contribution is 6.30. The second kappa shape index (κ2) is 6.76. The summed E-state index contributed by atoms with van der Waals surface area (Å²) in [6.45, 7) is 4.04. The highest BCUT2D eigenvalue weighted by atomic mass is 35.5. The zero-order valence-corrected chi connectivity index (χ0v) is 14.8. The summed E-state index contributed by atoms with van der Waals surface area (Å²) < 4.78 is 0. The summed E-state index contributed by atoms with van der Waals surface area (Å²) in [6, 6.07) is 11.7. The first-order valence-electron chi connectivity index (χ1n) is 8.03. The van der Waals surface area contributed by atoms with Crippen LogP contribution in [0, 0.1) is 6.92 Å². The third-order valence-electron chi connectivity index (χ3n) is 4.42. The summed E-state index contributed by atoms with van der Waals surface area (Å²) in [5, 5.41) is 10.4. The van der Waals surface area contributed by atoms with Crippen LogP contribution < -0.4 is 4.90 Å². The Balaban J connectivity index is 1.81. The van der Waals surface area contributed by atoms with E-state index < -0.39 is 0 Å². The molecule has 1 N–H and O–H groups in total. The van der Waals surface area contributed by atoms with E-state index in [-0.39, 0.29) is 30.2 Å². The molecule has 1 aliphatic heterocycles. The van der Waals surface area contributed by atoms with Gasteiger partial charge in [0.1, 0.15) is 12.3 Å². The van der Waals surface area contributed by atoms with Gasteiger partial charge < -0.3 is 14.9 Å². The van der Waals surface area contributed by atoms with Crippen LogP contribution in [0.1, 0.15) is 22.8 Å². The van der Waals surface area contributed by atoms with E-state index in [4.69, 9.17) is 11.6 Å². The molecule has 2 aromatic rings. The minimum atomic E-state index is -0.262. The third kappa shape index (κ3) is 3.46. The van der Waals surface area contributed by atoms with Gasteiger partial charge in [0.2, 0.25) is 5.91 Å². The fourth-order valence-electron chi connectivity index (χ4n) is 2.93. The van der Waals surface area contributed by atoms with Crippen LogP contribution in [0.3, 0.4) is 0 Å². The molecule has 2 amide bonds. The molecule has 0 aromatic heterocycles. The number of halogens is 1.